The molecule has 0 aromatic heterocycles. The maximum atomic E-state index is 9.93. The zero-order valence-electron chi connectivity index (χ0n) is 17.2. The summed E-state index contributed by atoms with van der Waals surface area (Å²) >= 11 is 3.52. The minimum atomic E-state index is -0.860. The monoisotopic (exact) mass is 501 g/mol. The molecule has 0 saturated heterocycles. The molecular formula is C25H16BrN3O4. The second-order valence-corrected chi connectivity index (χ2v) is 8.45. The molecule has 3 aromatic rings. The lowest BCUT2D eigenvalue weighted by Crippen LogP contribution is -2.31. The van der Waals surface area contributed by atoms with E-state index in [-0.39, 0.29) is 19.3 Å². The SMILES string of the molecule is N#Cc1ccccc1COc1ccc(Br)cc1C1c2cc3c(cc2OC(=N)C1C#N)OCO3. The Morgan fingerprint density at radius 2 is 1.79 bits per heavy atom. The average Bonchev–Trinajstić information content (AvgIpc) is 3.28. The summed E-state index contributed by atoms with van der Waals surface area (Å²) in [4.78, 5) is 0. The normalized spacial score (nSPS) is 18.0. The maximum absolute atomic E-state index is 9.93. The van der Waals surface area contributed by atoms with Crippen LogP contribution in [0.5, 0.6) is 23.0 Å². The van der Waals surface area contributed by atoms with Gasteiger partial charge in [-0.3, -0.25) is 5.41 Å². The minimum absolute atomic E-state index is 0.103. The summed E-state index contributed by atoms with van der Waals surface area (Å²) in [5.74, 6) is 0.563. The average molecular weight is 502 g/mol. The fourth-order valence-corrected chi connectivity index (χ4v) is 4.45. The van der Waals surface area contributed by atoms with Crippen LogP contribution in [0.2, 0.25) is 0 Å². The molecule has 2 atom stereocenters. The van der Waals surface area contributed by atoms with Crippen molar-refractivity contribution in [3.8, 4) is 35.1 Å². The van der Waals surface area contributed by atoms with Gasteiger partial charge in [0.2, 0.25) is 12.7 Å². The molecule has 3 aromatic carbocycles. The van der Waals surface area contributed by atoms with Gasteiger partial charge < -0.3 is 18.9 Å². The van der Waals surface area contributed by atoms with Gasteiger partial charge in [-0.1, -0.05) is 34.1 Å². The lowest BCUT2D eigenvalue weighted by atomic mass is 9.78. The van der Waals surface area contributed by atoms with Crippen LogP contribution >= 0.6 is 15.9 Å². The van der Waals surface area contributed by atoms with E-state index in [1.165, 1.54) is 0 Å². The summed E-state index contributed by atoms with van der Waals surface area (Å²) in [7, 11) is 0. The van der Waals surface area contributed by atoms with E-state index in [1.54, 1.807) is 24.3 Å². The number of hydrogen-bond donors (Lipinski definition) is 1. The molecule has 2 heterocycles. The standard InChI is InChI=1S/C25H16BrN3O4/c26-16-5-6-20(30-12-15-4-2-1-3-14(15)10-27)17(7-16)24-18-8-22-23(32-13-31-22)9-21(18)33-25(29)19(24)11-28/h1-9,19,24,29H,12-13H2. The molecule has 7 nitrogen and oxygen atoms in total. The molecule has 2 aliphatic rings. The van der Waals surface area contributed by atoms with Crippen molar-refractivity contribution in [2.75, 3.05) is 6.79 Å². The first-order valence-electron chi connectivity index (χ1n) is 10.1. The quantitative estimate of drug-likeness (QED) is 0.521. The molecule has 0 radical (unpaired) electrons. The Morgan fingerprint density at radius 3 is 2.58 bits per heavy atom. The van der Waals surface area contributed by atoms with Crippen LogP contribution in [0.15, 0.2) is 59.1 Å². The van der Waals surface area contributed by atoms with E-state index >= 15 is 0 Å². The predicted molar refractivity (Wildman–Crippen MR) is 121 cm³/mol. The first-order chi connectivity index (χ1) is 16.1. The number of nitriles is 2. The van der Waals surface area contributed by atoms with E-state index in [0.29, 0.717) is 34.1 Å². The number of ether oxygens (including phenoxy) is 4. The molecule has 0 spiro atoms. The number of benzene rings is 3. The fourth-order valence-electron chi connectivity index (χ4n) is 4.07. The van der Waals surface area contributed by atoms with E-state index in [4.69, 9.17) is 24.4 Å². The third-order valence-corrected chi connectivity index (χ3v) is 6.14. The predicted octanol–water partition coefficient (Wildman–Crippen LogP) is 5.27. The van der Waals surface area contributed by atoms with Gasteiger partial charge in [-0.05, 0) is 30.3 Å². The lowest BCUT2D eigenvalue weighted by molar-refractivity contribution is 0.174. The Labute approximate surface area is 198 Å². The van der Waals surface area contributed by atoms with Crippen molar-refractivity contribution >= 4 is 21.8 Å². The highest BCUT2D eigenvalue weighted by Gasteiger charge is 2.40. The summed E-state index contributed by atoms with van der Waals surface area (Å²) in [6.07, 6.45) is 0. The molecule has 0 aliphatic carbocycles. The van der Waals surface area contributed by atoms with E-state index in [2.05, 4.69) is 28.1 Å². The summed E-state index contributed by atoms with van der Waals surface area (Å²) in [5, 5.41) is 27.7. The smallest absolute Gasteiger partial charge is 0.231 e. The van der Waals surface area contributed by atoms with Crippen molar-refractivity contribution in [2.45, 2.75) is 12.5 Å². The molecule has 5 rings (SSSR count). The van der Waals surface area contributed by atoms with Gasteiger partial charge in [0, 0.05) is 33.1 Å². The van der Waals surface area contributed by atoms with E-state index in [9.17, 15) is 10.5 Å². The van der Waals surface area contributed by atoms with Crippen LogP contribution in [0.4, 0.5) is 0 Å². The number of halogens is 1. The summed E-state index contributed by atoms with van der Waals surface area (Å²) < 4.78 is 23.6. The van der Waals surface area contributed by atoms with Gasteiger partial charge in [0.05, 0.1) is 17.7 Å². The Kier molecular flexibility index (Phi) is 5.37. The number of nitrogens with zero attached hydrogens (tertiary/aromatic N) is 2. The third kappa shape index (κ3) is 3.75. The minimum Gasteiger partial charge on any atom is -0.489 e. The molecule has 2 unspecified atom stereocenters. The molecule has 1 N–H and O–H groups in total. The van der Waals surface area contributed by atoms with Crippen molar-refractivity contribution < 1.29 is 18.9 Å². The Balaban J connectivity index is 1.60. The van der Waals surface area contributed by atoms with Crippen molar-refractivity contribution in [3.05, 3.63) is 81.3 Å². The zero-order chi connectivity index (χ0) is 22.9. The number of nitrogens with one attached hydrogen (secondary N) is 1. The molecule has 162 valence electrons. The highest BCUT2D eigenvalue weighted by atomic mass is 79.9. The highest BCUT2D eigenvalue weighted by Crippen LogP contribution is 2.50. The molecule has 0 amide bonds. The third-order valence-electron chi connectivity index (χ3n) is 5.64. The van der Waals surface area contributed by atoms with E-state index < -0.39 is 11.8 Å². The van der Waals surface area contributed by atoms with Crippen molar-refractivity contribution in [1.29, 1.82) is 15.9 Å². The van der Waals surface area contributed by atoms with Crippen LogP contribution in [0.1, 0.15) is 28.2 Å². The largest absolute Gasteiger partial charge is 0.489 e. The topological polar surface area (TPSA) is 108 Å². The van der Waals surface area contributed by atoms with Gasteiger partial charge in [-0.15, -0.1) is 0 Å². The van der Waals surface area contributed by atoms with Gasteiger partial charge >= 0.3 is 0 Å². The number of rotatable bonds is 4. The molecule has 0 bridgehead atoms. The van der Waals surface area contributed by atoms with Crippen molar-refractivity contribution in [2.24, 2.45) is 5.92 Å². The van der Waals surface area contributed by atoms with Gasteiger partial charge in [-0.25, -0.2) is 0 Å². The van der Waals surface area contributed by atoms with E-state index in [0.717, 1.165) is 15.6 Å². The number of fused-ring (bicyclic) bond motifs is 2. The number of hydrogen-bond acceptors (Lipinski definition) is 7. The molecule has 0 saturated carbocycles. The van der Waals surface area contributed by atoms with E-state index in [1.807, 2.05) is 30.3 Å². The maximum Gasteiger partial charge on any atom is 0.231 e. The van der Waals surface area contributed by atoms with Crippen molar-refractivity contribution in [1.82, 2.24) is 0 Å². The van der Waals surface area contributed by atoms with Crippen LogP contribution in [0.25, 0.3) is 0 Å². The Bertz CT molecular complexity index is 1360. The molecule has 2 aliphatic heterocycles. The van der Waals surface area contributed by atoms with Crippen LogP contribution in [-0.2, 0) is 6.61 Å². The summed E-state index contributed by atoms with van der Waals surface area (Å²) in [6, 6.07) is 20.7. The summed E-state index contributed by atoms with van der Waals surface area (Å²) in [5.41, 5.74) is 2.73. The second-order valence-electron chi connectivity index (χ2n) is 7.53. The van der Waals surface area contributed by atoms with Gasteiger partial charge in [0.15, 0.2) is 11.5 Å². The first-order valence-corrected chi connectivity index (χ1v) is 10.9. The molecule has 33 heavy (non-hydrogen) atoms. The van der Waals surface area contributed by atoms with Crippen LogP contribution in [0, 0.1) is 34.0 Å². The molecular weight excluding hydrogens is 486 g/mol. The van der Waals surface area contributed by atoms with Gasteiger partial charge in [-0.2, -0.15) is 10.5 Å². The van der Waals surface area contributed by atoms with Gasteiger partial charge in [0.1, 0.15) is 24.0 Å². The molecule has 0 fully saturated rings. The summed E-state index contributed by atoms with van der Waals surface area (Å²) in [6.45, 7) is 0.288. The lowest BCUT2D eigenvalue weighted by Gasteiger charge is -2.31. The second kappa shape index (κ2) is 8.50. The van der Waals surface area contributed by atoms with Crippen LogP contribution in [0.3, 0.4) is 0 Å². The van der Waals surface area contributed by atoms with Gasteiger partial charge in [0.25, 0.3) is 0 Å². The Morgan fingerprint density at radius 1 is 1.00 bits per heavy atom. The Hall–Kier alpha value is -4.01. The van der Waals surface area contributed by atoms with Crippen LogP contribution < -0.4 is 18.9 Å². The first kappa shape index (κ1) is 20.9. The highest BCUT2D eigenvalue weighted by molar-refractivity contribution is 9.10. The van der Waals surface area contributed by atoms with Crippen molar-refractivity contribution in [3.63, 3.8) is 0 Å². The molecule has 8 heteroatoms. The van der Waals surface area contributed by atoms with Crippen LogP contribution in [-0.4, -0.2) is 12.7 Å². The fraction of sp³-hybridized carbons (Fsp3) is 0.160. The zero-order valence-corrected chi connectivity index (χ0v) is 18.8.